The number of aliphatic hydroxyl groups is 3. The van der Waals surface area contributed by atoms with Crippen molar-refractivity contribution in [2.45, 2.75) is 167 Å². The van der Waals surface area contributed by atoms with Gasteiger partial charge in [-0.3, -0.25) is 14.4 Å². The lowest BCUT2D eigenvalue weighted by atomic mass is 9.59. The zero-order chi connectivity index (χ0) is 34.6. The Morgan fingerprint density at radius 1 is 0.851 bits per heavy atom. The molecule has 8 atom stereocenters. The van der Waals surface area contributed by atoms with Crippen LogP contribution in [0.4, 0.5) is 0 Å². The molecule has 8 nitrogen and oxygen atoms in total. The van der Waals surface area contributed by atoms with Gasteiger partial charge in [0, 0.05) is 48.3 Å². The van der Waals surface area contributed by atoms with Gasteiger partial charge in [0.2, 0.25) is 0 Å². The van der Waals surface area contributed by atoms with E-state index in [0.29, 0.717) is 24.0 Å². The molecule has 0 unspecified atom stereocenters. The van der Waals surface area contributed by atoms with Crippen LogP contribution in [-0.2, 0) is 23.9 Å². The van der Waals surface area contributed by atoms with Gasteiger partial charge in [0.15, 0.2) is 11.4 Å². The highest BCUT2D eigenvalue weighted by Gasteiger charge is 2.87. The van der Waals surface area contributed by atoms with E-state index in [-0.39, 0.29) is 31.8 Å². The summed E-state index contributed by atoms with van der Waals surface area (Å²) in [6.45, 7) is 11.4. The first-order chi connectivity index (χ1) is 22.3. The summed E-state index contributed by atoms with van der Waals surface area (Å²) in [5.41, 5.74) is -4.71. The number of hydrogen-bond donors (Lipinski definition) is 3. The van der Waals surface area contributed by atoms with Crippen molar-refractivity contribution in [3.63, 3.8) is 0 Å². The van der Waals surface area contributed by atoms with Crippen molar-refractivity contribution in [3.05, 3.63) is 23.3 Å². The Bertz CT molecular complexity index is 1200. The Morgan fingerprint density at radius 2 is 1.38 bits per heavy atom. The van der Waals surface area contributed by atoms with E-state index in [2.05, 4.69) is 13.8 Å². The van der Waals surface area contributed by atoms with Gasteiger partial charge in [-0.1, -0.05) is 117 Å². The molecule has 0 spiro atoms. The van der Waals surface area contributed by atoms with Crippen molar-refractivity contribution in [1.82, 2.24) is 0 Å². The quantitative estimate of drug-likeness (QED) is 0.0822. The summed E-state index contributed by atoms with van der Waals surface area (Å²) in [6, 6.07) is 0. The standard InChI is InChI=1S/C39H62O8/c1-7-9-11-13-15-17-18-20-31(41)46-35-27(4)38(45)29(23-28(25-40)24-37(44)30(38)22-26(3)34(37)43)33-36(5,6)39(33,35)47-32(42)21-19-16-14-12-10-8-2/h22-23,27,29-30,33,35,40,44-45H,7-21,24-25H2,1-6H3/t27-,29+,30-,33-,35-,37+,38-,39-/m1/s1. The maximum atomic E-state index is 13.5. The van der Waals surface area contributed by atoms with Gasteiger partial charge in [-0.05, 0) is 30.9 Å². The first kappa shape index (κ1) is 37.8. The number of hydrogen-bond acceptors (Lipinski definition) is 8. The minimum absolute atomic E-state index is 0.104. The van der Waals surface area contributed by atoms with E-state index in [1.165, 1.54) is 25.7 Å². The molecule has 2 fully saturated rings. The minimum atomic E-state index is -1.93. The van der Waals surface area contributed by atoms with Crippen molar-refractivity contribution in [2.75, 3.05) is 6.61 Å². The molecule has 0 aromatic carbocycles. The number of unbranched alkanes of at least 4 members (excludes halogenated alkanes) is 11. The molecule has 4 rings (SSSR count). The Kier molecular flexibility index (Phi) is 12.3. The maximum absolute atomic E-state index is 13.5. The summed E-state index contributed by atoms with van der Waals surface area (Å²) in [6.07, 6.45) is 16.5. The van der Waals surface area contributed by atoms with Gasteiger partial charge in [0.05, 0.1) is 12.2 Å². The second-order valence-corrected chi connectivity index (χ2v) is 15.7. The largest absolute Gasteiger partial charge is 0.458 e. The Morgan fingerprint density at radius 3 is 1.94 bits per heavy atom. The lowest BCUT2D eigenvalue weighted by molar-refractivity contribution is -0.229. The van der Waals surface area contributed by atoms with Crippen LogP contribution >= 0.6 is 0 Å². The third-order valence-corrected chi connectivity index (χ3v) is 12.2. The van der Waals surface area contributed by atoms with Crippen molar-refractivity contribution in [3.8, 4) is 0 Å². The number of ketones is 1. The van der Waals surface area contributed by atoms with Crippen molar-refractivity contribution < 1.29 is 39.2 Å². The molecule has 8 heteroatoms. The number of esters is 2. The van der Waals surface area contributed by atoms with Gasteiger partial charge in [0.25, 0.3) is 0 Å². The van der Waals surface area contributed by atoms with Crippen LogP contribution < -0.4 is 0 Å². The molecule has 47 heavy (non-hydrogen) atoms. The predicted octanol–water partition coefficient (Wildman–Crippen LogP) is 6.92. The Labute approximate surface area is 282 Å². The van der Waals surface area contributed by atoms with Crippen LogP contribution in [0.3, 0.4) is 0 Å². The molecule has 0 amide bonds. The fourth-order valence-corrected chi connectivity index (χ4v) is 9.54. The van der Waals surface area contributed by atoms with Gasteiger partial charge >= 0.3 is 11.9 Å². The van der Waals surface area contributed by atoms with Crippen LogP contribution in [0, 0.1) is 29.1 Å². The Hall–Kier alpha value is -2.03. The molecule has 0 aromatic heterocycles. The summed E-state index contributed by atoms with van der Waals surface area (Å²) < 4.78 is 12.8. The van der Waals surface area contributed by atoms with Gasteiger partial charge < -0.3 is 24.8 Å². The van der Waals surface area contributed by atoms with Gasteiger partial charge in [-0.2, -0.15) is 0 Å². The van der Waals surface area contributed by atoms with Crippen LogP contribution in [0.5, 0.6) is 0 Å². The number of carbonyl (C=O) groups excluding carboxylic acids is 3. The second-order valence-electron chi connectivity index (χ2n) is 15.7. The van der Waals surface area contributed by atoms with E-state index in [0.717, 1.165) is 44.9 Å². The van der Waals surface area contributed by atoms with E-state index >= 15 is 0 Å². The summed E-state index contributed by atoms with van der Waals surface area (Å²) in [5.74, 6) is -4.11. The van der Waals surface area contributed by atoms with E-state index in [1.807, 2.05) is 13.8 Å². The van der Waals surface area contributed by atoms with Crippen molar-refractivity contribution in [1.29, 1.82) is 0 Å². The summed E-state index contributed by atoms with van der Waals surface area (Å²) in [7, 11) is 0. The van der Waals surface area contributed by atoms with E-state index in [1.54, 1.807) is 26.0 Å². The van der Waals surface area contributed by atoms with Gasteiger partial charge in [0.1, 0.15) is 11.7 Å². The highest BCUT2D eigenvalue weighted by Crippen LogP contribution is 2.77. The van der Waals surface area contributed by atoms with Crippen LogP contribution in [0.15, 0.2) is 23.3 Å². The summed E-state index contributed by atoms with van der Waals surface area (Å²) in [5, 5.41) is 35.2. The number of ether oxygens (including phenoxy) is 2. The molecule has 0 bridgehead atoms. The normalized spacial score (nSPS) is 35.2. The smallest absolute Gasteiger partial charge is 0.306 e. The SMILES string of the molecule is CCCCCCCCCC(=O)O[C@@H]1[C@@H](C)[C@@]2(O)[C@@H](C=C(CO)C[C@@]3(O)C(=O)C(C)=C[C@@H]23)[C@@H]2C(C)(C)[C@]12OC(=O)CCCCCCCC. The molecule has 3 N–H and O–H groups in total. The zero-order valence-electron chi connectivity index (χ0n) is 29.9. The molecule has 0 aromatic rings. The monoisotopic (exact) mass is 658 g/mol. The lowest BCUT2D eigenvalue weighted by Crippen LogP contribution is -2.66. The fourth-order valence-electron chi connectivity index (χ4n) is 9.54. The van der Waals surface area contributed by atoms with Crippen LogP contribution in [0.25, 0.3) is 0 Å². The average molecular weight is 659 g/mol. The lowest BCUT2D eigenvalue weighted by Gasteiger charge is -2.53. The fraction of sp³-hybridized carbons (Fsp3) is 0.821. The number of Topliss-reactive ketones (excluding diaryl/α,β-unsaturated/α-hetero) is 1. The van der Waals surface area contributed by atoms with Crippen LogP contribution in [-0.4, -0.2) is 62.6 Å². The molecule has 266 valence electrons. The average Bonchev–Trinajstić information content (AvgIpc) is 3.45. The Balaban J connectivity index is 1.64. The number of rotatable bonds is 18. The van der Waals surface area contributed by atoms with Gasteiger partial charge in [-0.15, -0.1) is 0 Å². The molecule has 0 heterocycles. The van der Waals surface area contributed by atoms with E-state index < -0.39 is 63.7 Å². The third-order valence-electron chi connectivity index (χ3n) is 12.2. The first-order valence-electron chi connectivity index (χ1n) is 18.7. The van der Waals surface area contributed by atoms with Crippen molar-refractivity contribution >= 4 is 17.7 Å². The molecular weight excluding hydrogens is 596 g/mol. The van der Waals surface area contributed by atoms with Gasteiger partial charge in [-0.25, -0.2) is 0 Å². The molecule has 2 saturated carbocycles. The molecule has 0 aliphatic heterocycles. The highest BCUT2D eigenvalue weighted by atomic mass is 16.6. The van der Waals surface area contributed by atoms with Crippen LogP contribution in [0.1, 0.15) is 144 Å². The zero-order valence-corrected chi connectivity index (χ0v) is 29.9. The minimum Gasteiger partial charge on any atom is -0.458 e. The summed E-state index contributed by atoms with van der Waals surface area (Å²) in [4.78, 5) is 40.5. The molecule has 4 aliphatic carbocycles. The molecule has 4 aliphatic rings. The maximum Gasteiger partial charge on any atom is 0.306 e. The molecule has 0 saturated heterocycles. The predicted molar refractivity (Wildman–Crippen MR) is 181 cm³/mol. The molecule has 0 radical (unpaired) electrons. The van der Waals surface area contributed by atoms with E-state index in [4.69, 9.17) is 9.47 Å². The topological polar surface area (TPSA) is 130 Å². The van der Waals surface area contributed by atoms with Crippen molar-refractivity contribution in [2.24, 2.45) is 29.1 Å². The third kappa shape index (κ3) is 6.90. The summed E-state index contributed by atoms with van der Waals surface area (Å²) >= 11 is 0. The highest BCUT2D eigenvalue weighted by molar-refractivity contribution is 6.04. The number of aliphatic hydroxyl groups excluding tert-OH is 1. The van der Waals surface area contributed by atoms with Crippen LogP contribution in [0.2, 0.25) is 0 Å². The second kappa shape index (κ2) is 15.2. The molecular formula is C39H62O8. The first-order valence-corrected chi connectivity index (χ1v) is 18.7. The number of carbonyl (C=O) groups is 3. The number of fused-ring (bicyclic) bond motifs is 5. The van der Waals surface area contributed by atoms with E-state index in [9.17, 15) is 29.7 Å².